The molecule has 0 aromatic carbocycles. The van der Waals surface area contributed by atoms with E-state index >= 15 is 0 Å². The van der Waals surface area contributed by atoms with Crippen molar-refractivity contribution >= 4 is 11.4 Å². The van der Waals surface area contributed by atoms with Gasteiger partial charge < -0.3 is 15.7 Å². The van der Waals surface area contributed by atoms with Crippen molar-refractivity contribution in [2.75, 3.05) is 30.3 Å². The van der Waals surface area contributed by atoms with Gasteiger partial charge in [0.25, 0.3) is 0 Å². The minimum Gasteiger partial charge on any atom is -0.396 e. The Labute approximate surface area is 103 Å². The van der Waals surface area contributed by atoms with E-state index in [1.165, 1.54) is 0 Å². The lowest BCUT2D eigenvalue weighted by molar-refractivity contribution is 0.266. The van der Waals surface area contributed by atoms with E-state index in [-0.39, 0.29) is 6.61 Å². The van der Waals surface area contributed by atoms with E-state index < -0.39 is 0 Å². The summed E-state index contributed by atoms with van der Waals surface area (Å²) in [6, 6.07) is 2.06. The van der Waals surface area contributed by atoms with Gasteiger partial charge in [-0.2, -0.15) is 0 Å². The SMILES string of the molecule is CCCNc1cncc(NCC(C)CCO)c1. The molecule has 0 spiro atoms. The van der Waals surface area contributed by atoms with Crippen molar-refractivity contribution in [3.05, 3.63) is 18.5 Å². The van der Waals surface area contributed by atoms with E-state index in [9.17, 15) is 0 Å². The Kier molecular flexibility index (Phi) is 6.40. The maximum absolute atomic E-state index is 8.82. The van der Waals surface area contributed by atoms with Crippen LogP contribution in [0.25, 0.3) is 0 Å². The molecule has 0 amide bonds. The molecule has 0 radical (unpaired) electrons. The third kappa shape index (κ3) is 5.54. The Morgan fingerprint density at radius 1 is 1.29 bits per heavy atom. The molecular weight excluding hydrogens is 214 g/mol. The smallest absolute Gasteiger partial charge is 0.0547 e. The van der Waals surface area contributed by atoms with Crippen LogP contribution in [0.2, 0.25) is 0 Å². The summed E-state index contributed by atoms with van der Waals surface area (Å²) in [5.41, 5.74) is 2.07. The first kappa shape index (κ1) is 13.8. The predicted octanol–water partition coefficient (Wildman–Crippen LogP) is 2.33. The molecule has 1 unspecified atom stereocenters. The number of aliphatic hydroxyl groups is 1. The van der Waals surface area contributed by atoms with Crippen LogP contribution in [-0.4, -0.2) is 29.8 Å². The van der Waals surface area contributed by atoms with Crippen LogP contribution in [0.5, 0.6) is 0 Å². The molecule has 96 valence electrons. The van der Waals surface area contributed by atoms with Crippen LogP contribution in [0.3, 0.4) is 0 Å². The Bertz CT molecular complexity index is 317. The monoisotopic (exact) mass is 237 g/mol. The van der Waals surface area contributed by atoms with E-state index in [1.54, 1.807) is 0 Å². The van der Waals surface area contributed by atoms with E-state index in [0.29, 0.717) is 5.92 Å². The van der Waals surface area contributed by atoms with Crippen molar-refractivity contribution in [2.45, 2.75) is 26.7 Å². The first-order chi connectivity index (χ1) is 8.26. The summed E-state index contributed by atoms with van der Waals surface area (Å²) in [5, 5.41) is 15.5. The van der Waals surface area contributed by atoms with Gasteiger partial charge in [-0.25, -0.2) is 0 Å². The molecule has 3 N–H and O–H groups in total. The van der Waals surface area contributed by atoms with E-state index in [1.807, 2.05) is 12.4 Å². The fourth-order valence-corrected chi connectivity index (χ4v) is 1.52. The molecule has 0 aliphatic carbocycles. The summed E-state index contributed by atoms with van der Waals surface area (Å²) < 4.78 is 0. The average Bonchev–Trinajstić information content (AvgIpc) is 2.35. The fourth-order valence-electron chi connectivity index (χ4n) is 1.52. The second kappa shape index (κ2) is 7.90. The minimum absolute atomic E-state index is 0.249. The Morgan fingerprint density at radius 2 is 2.00 bits per heavy atom. The lowest BCUT2D eigenvalue weighted by Gasteiger charge is -2.13. The van der Waals surface area contributed by atoms with Crippen molar-refractivity contribution in [2.24, 2.45) is 5.92 Å². The van der Waals surface area contributed by atoms with E-state index in [4.69, 9.17) is 5.11 Å². The lowest BCUT2D eigenvalue weighted by atomic mass is 10.1. The fraction of sp³-hybridized carbons (Fsp3) is 0.615. The number of nitrogens with zero attached hydrogens (tertiary/aromatic N) is 1. The van der Waals surface area contributed by atoms with Gasteiger partial charge >= 0.3 is 0 Å². The van der Waals surface area contributed by atoms with Crippen LogP contribution in [0.4, 0.5) is 11.4 Å². The molecule has 0 bridgehead atoms. The molecule has 4 heteroatoms. The lowest BCUT2D eigenvalue weighted by Crippen LogP contribution is -2.13. The topological polar surface area (TPSA) is 57.2 Å². The highest BCUT2D eigenvalue weighted by atomic mass is 16.3. The number of pyridine rings is 1. The van der Waals surface area contributed by atoms with Gasteiger partial charge in [-0.1, -0.05) is 13.8 Å². The van der Waals surface area contributed by atoms with Crippen LogP contribution in [0, 0.1) is 5.92 Å². The highest BCUT2D eigenvalue weighted by Gasteiger charge is 2.01. The summed E-state index contributed by atoms with van der Waals surface area (Å²) in [5.74, 6) is 0.465. The average molecular weight is 237 g/mol. The highest BCUT2D eigenvalue weighted by Crippen LogP contribution is 2.13. The maximum atomic E-state index is 8.82. The summed E-state index contributed by atoms with van der Waals surface area (Å²) in [6.07, 6.45) is 5.58. The van der Waals surface area contributed by atoms with Crippen molar-refractivity contribution in [3.8, 4) is 0 Å². The van der Waals surface area contributed by atoms with Gasteiger partial charge in [-0.15, -0.1) is 0 Å². The van der Waals surface area contributed by atoms with Gasteiger partial charge in [0.05, 0.1) is 23.8 Å². The molecule has 0 aliphatic rings. The molecule has 4 nitrogen and oxygen atoms in total. The Balaban J connectivity index is 2.42. The van der Waals surface area contributed by atoms with Crippen LogP contribution in [0.1, 0.15) is 26.7 Å². The second-order valence-corrected chi connectivity index (χ2v) is 4.39. The van der Waals surface area contributed by atoms with Crippen LogP contribution < -0.4 is 10.6 Å². The summed E-state index contributed by atoms with van der Waals surface area (Å²) in [7, 11) is 0. The second-order valence-electron chi connectivity index (χ2n) is 4.39. The summed E-state index contributed by atoms with van der Waals surface area (Å²) in [6.45, 7) is 6.33. The van der Waals surface area contributed by atoms with E-state index in [0.717, 1.165) is 37.3 Å². The zero-order chi connectivity index (χ0) is 12.5. The van der Waals surface area contributed by atoms with Gasteiger partial charge in [0, 0.05) is 19.7 Å². The van der Waals surface area contributed by atoms with Gasteiger partial charge in [0.15, 0.2) is 0 Å². The van der Waals surface area contributed by atoms with Gasteiger partial charge in [0.1, 0.15) is 0 Å². The molecule has 0 saturated heterocycles. The molecule has 1 atom stereocenters. The van der Waals surface area contributed by atoms with Crippen LogP contribution >= 0.6 is 0 Å². The molecule has 1 rings (SSSR count). The summed E-state index contributed by atoms with van der Waals surface area (Å²) >= 11 is 0. The minimum atomic E-state index is 0.249. The predicted molar refractivity (Wildman–Crippen MR) is 72.4 cm³/mol. The molecule has 1 aromatic rings. The first-order valence-electron chi connectivity index (χ1n) is 6.30. The zero-order valence-electron chi connectivity index (χ0n) is 10.7. The van der Waals surface area contributed by atoms with Crippen LogP contribution in [-0.2, 0) is 0 Å². The first-order valence-corrected chi connectivity index (χ1v) is 6.30. The largest absolute Gasteiger partial charge is 0.396 e. The third-order valence-electron chi connectivity index (χ3n) is 2.59. The van der Waals surface area contributed by atoms with Crippen molar-refractivity contribution in [1.29, 1.82) is 0 Å². The maximum Gasteiger partial charge on any atom is 0.0547 e. The van der Waals surface area contributed by atoms with Gasteiger partial charge in [-0.05, 0) is 24.8 Å². The number of hydrogen-bond acceptors (Lipinski definition) is 4. The van der Waals surface area contributed by atoms with Gasteiger partial charge in [-0.3, -0.25) is 4.98 Å². The number of aromatic nitrogens is 1. The molecule has 0 saturated carbocycles. The molecule has 17 heavy (non-hydrogen) atoms. The molecule has 1 aromatic heterocycles. The van der Waals surface area contributed by atoms with Gasteiger partial charge in [0.2, 0.25) is 0 Å². The number of nitrogens with one attached hydrogen (secondary N) is 2. The summed E-state index contributed by atoms with van der Waals surface area (Å²) in [4.78, 5) is 4.19. The quantitative estimate of drug-likeness (QED) is 0.649. The molecule has 0 fully saturated rings. The number of rotatable bonds is 8. The zero-order valence-corrected chi connectivity index (χ0v) is 10.7. The molecular formula is C13H23N3O. The standard InChI is InChI=1S/C13H23N3O/c1-3-5-15-12-7-13(10-14-9-12)16-8-11(2)4-6-17/h7,9-11,15-17H,3-6,8H2,1-2H3. The van der Waals surface area contributed by atoms with Crippen molar-refractivity contribution in [3.63, 3.8) is 0 Å². The molecule has 0 aliphatic heterocycles. The van der Waals surface area contributed by atoms with E-state index in [2.05, 4.69) is 35.5 Å². The number of aliphatic hydroxyl groups excluding tert-OH is 1. The number of anilines is 2. The van der Waals surface area contributed by atoms with Crippen molar-refractivity contribution < 1.29 is 5.11 Å². The Hall–Kier alpha value is -1.29. The Morgan fingerprint density at radius 3 is 2.65 bits per heavy atom. The third-order valence-corrected chi connectivity index (χ3v) is 2.59. The van der Waals surface area contributed by atoms with Crippen molar-refractivity contribution in [1.82, 2.24) is 4.98 Å². The highest BCUT2D eigenvalue weighted by molar-refractivity contribution is 5.53. The van der Waals surface area contributed by atoms with Crippen LogP contribution in [0.15, 0.2) is 18.5 Å². The normalized spacial score (nSPS) is 12.2. The molecule has 1 heterocycles. The number of hydrogen-bond donors (Lipinski definition) is 3.